The second-order valence-corrected chi connectivity index (χ2v) is 5.80. The van der Waals surface area contributed by atoms with Crippen LogP contribution in [0, 0.1) is 0 Å². The highest BCUT2D eigenvalue weighted by molar-refractivity contribution is 5.48. The standard InChI is InChI=1S/C16H24N2O2/c1-19-16-10-13(17)7-6-12(16)11-18-8-9-20-15-5-3-2-4-14(15)18/h6-7,10,14-15H,2-5,8-9,11,17H2,1H3. The quantitative estimate of drug-likeness (QED) is 0.861. The fourth-order valence-corrected chi connectivity index (χ4v) is 3.48. The number of hydrogen-bond acceptors (Lipinski definition) is 4. The first kappa shape index (κ1) is 13.7. The summed E-state index contributed by atoms with van der Waals surface area (Å²) in [6.07, 6.45) is 5.51. The third-order valence-electron chi connectivity index (χ3n) is 4.53. The Hall–Kier alpha value is -1.26. The Morgan fingerprint density at radius 3 is 3.05 bits per heavy atom. The summed E-state index contributed by atoms with van der Waals surface area (Å²) < 4.78 is 11.4. The summed E-state index contributed by atoms with van der Waals surface area (Å²) >= 11 is 0. The molecule has 1 aromatic rings. The molecule has 2 aliphatic rings. The van der Waals surface area contributed by atoms with Crippen LogP contribution in [-0.2, 0) is 11.3 Å². The Morgan fingerprint density at radius 1 is 1.35 bits per heavy atom. The van der Waals surface area contributed by atoms with Gasteiger partial charge in [-0.2, -0.15) is 0 Å². The monoisotopic (exact) mass is 276 g/mol. The van der Waals surface area contributed by atoms with Crippen LogP contribution >= 0.6 is 0 Å². The van der Waals surface area contributed by atoms with Crippen molar-refractivity contribution in [2.75, 3.05) is 26.0 Å². The normalized spacial score (nSPS) is 27.1. The summed E-state index contributed by atoms with van der Waals surface area (Å²) in [5, 5.41) is 0. The first-order valence-electron chi connectivity index (χ1n) is 7.56. The molecule has 1 aromatic carbocycles. The van der Waals surface area contributed by atoms with Gasteiger partial charge in [0.1, 0.15) is 5.75 Å². The molecule has 110 valence electrons. The molecule has 2 unspecified atom stereocenters. The molecule has 1 heterocycles. The van der Waals surface area contributed by atoms with Crippen LogP contribution in [0.3, 0.4) is 0 Å². The lowest BCUT2D eigenvalue weighted by atomic mass is 9.90. The van der Waals surface area contributed by atoms with Crippen LogP contribution in [-0.4, -0.2) is 37.3 Å². The van der Waals surface area contributed by atoms with Crippen LogP contribution in [0.25, 0.3) is 0 Å². The van der Waals surface area contributed by atoms with E-state index in [0.29, 0.717) is 12.1 Å². The smallest absolute Gasteiger partial charge is 0.125 e. The van der Waals surface area contributed by atoms with Gasteiger partial charge in [0.25, 0.3) is 0 Å². The van der Waals surface area contributed by atoms with Crippen molar-refractivity contribution in [3.05, 3.63) is 23.8 Å². The number of methoxy groups -OCH3 is 1. The van der Waals surface area contributed by atoms with E-state index in [2.05, 4.69) is 11.0 Å². The molecule has 0 radical (unpaired) electrons. The van der Waals surface area contributed by atoms with Gasteiger partial charge in [0.2, 0.25) is 0 Å². The van der Waals surface area contributed by atoms with E-state index < -0.39 is 0 Å². The molecule has 4 heteroatoms. The Bertz CT molecular complexity index is 462. The number of nitrogens with zero attached hydrogens (tertiary/aromatic N) is 1. The van der Waals surface area contributed by atoms with Crippen molar-refractivity contribution in [2.24, 2.45) is 0 Å². The van der Waals surface area contributed by atoms with Gasteiger partial charge in [0.15, 0.2) is 0 Å². The minimum atomic E-state index is 0.428. The number of benzene rings is 1. The molecule has 1 saturated heterocycles. The molecular weight excluding hydrogens is 252 g/mol. The van der Waals surface area contributed by atoms with Crippen molar-refractivity contribution in [1.29, 1.82) is 0 Å². The van der Waals surface area contributed by atoms with Gasteiger partial charge in [-0.25, -0.2) is 0 Å². The lowest BCUT2D eigenvalue weighted by Crippen LogP contribution is -2.52. The average molecular weight is 276 g/mol. The molecule has 4 nitrogen and oxygen atoms in total. The average Bonchev–Trinajstić information content (AvgIpc) is 2.49. The Balaban J connectivity index is 1.76. The molecule has 0 bridgehead atoms. The minimum Gasteiger partial charge on any atom is -0.496 e. The summed E-state index contributed by atoms with van der Waals surface area (Å²) in [4.78, 5) is 2.56. The van der Waals surface area contributed by atoms with Crippen LogP contribution < -0.4 is 10.5 Å². The number of anilines is 1. The lowest BCUT2D eigenvalue weighted by Gasteiger charge is -2.44. The maximum Gasteiger partial charge on any atom is 0.125 e. The van der Waals surface area contributed by atoms with E-state index in [1.807, 2.05) is 12.1 Å². The van der Waals surface area contributed by atoms with Crippen LogP contribution in [0.15, 0.2) is 18.2 Å². The van der Waals surface area contributed by atoms with Crippen LogP contribution in [0.5, 0.6) is 5.75 Å². The maximum atomic E-state index is 5.93. The molecule has 1 aliphatic heterocycles. The summed E-state index contributed by atoms with van der Waals surface area (Å²) in [6.45, 7) is 2.78. The van der Waals surface area contributed by atoms with E-state index >= 15 is 0 Å². The summed E-state index contributed by atoms with van der Waals surface area (Å²) in [5.74, 6) is 0.892. The van der Waals surface area contributed by atoms with Crippen LogP contribution in [0.2, 0.25) is 0 Å². The molecule has 0 spiro atoms. The first-order valence-corrected chi connectivity index (χ1v) is 7.56. The second kappa shape index (κ2) is 6.02. The molecule has 3 rings (SSSR count). The SMILES string of the molecule is COc1cc(N)ccc1CN1CCOC2CCCCC21. The fraction of sp³-hybridized carbons (Fsp3) is 0.625. The zero-order valence-corrected chi connectivity index (χ0v) is 12.2. The van der Waals surface area contributed by atoms with Gasteiger partial charge >= 0.3 is 0 Å². The zero-order valence-electron chi connectivity index (χ0n) is 12.2. The minimum absolute atomic E-state index is 0.428. The molecule has 0 aromatic heterocycles. The Morgan fingerprint density at radius 2 is 2.20 bits per heavy atom. The van der Waals surface area contributed by atoms with Gasteiger partial charge in [-0.05, 0) is 18.9 Å². The van der Waals surface area contributed by atoms with E-state index in [1.54, 1.807) is 7.11 Å². The predicted molar refractivity (Wildman–Crippen MR) is 79.8 cm³/mol. The molecule has 2 N–H and O–H groups in total. The van der Waals surface area contributed by atoms with Gasteiger partial charge in [0.05, 0.1) is 19.8 Å². The van der Waals surface area contributed by atoms with Gasteiger partial charge in [0, 0.05) is 36.4 Å². The van der Waals surface area contributed by atoms with E-state index in [1.165, 1.54) is 31.2 Å². The van der Waals surface area contributed by atoms with Gasteiger partial charge < -0.3 is 15.2 Å². The van der Waals surface area contributed by atoms with Gasteiger partial charge in [-0.15, -0.1) is 0 Å². The third-order valence-corrected chi connectivity index (χ3v) is 4.53. The Kier molecular flexibility index (Phi) is 4.13. The van der Waals surface area contributed by atoms with Crippen molar-refractivity contribution < 1.29 is 9.47 Å². The molecule has 2 fully saturated rings. The van der Waals surface area contributed by atoms with Crippen molar-refractivity contribution in [3.8, 4) is 5.75 Å². The van der Waals surface area contributed by atoms with Gasteiger partial charge in [-0.3, -0.25) is 4.90 Å². The zero-order chi connectivity index (χ0) is 13.9. The second-order valence-electron chi connectivity index (χ2n) is 5.80. The summed E-state index contributed by atoms with van der Waals surface area (Å²) in [6, 6.07) is 6.52. The summed E-state index contributed by atoms with van der Waals surface area (Å²) in [5.41, 5.74) is 7.80. The lowest BCUT2D eigenvalue weighted by molar-refractivity contribution is -0.0912. The van der Waals surface area contributed by atoms with Crippen molar-refractivity contribution in [1.82, 2.24) is 4.90 Å². The molecule has 0 amide bonds. The molecule has 1 aliphatic carbocycles. The van der Waals surface area contributed by atoms with Gasteiger partial charge in [-0.1, -0.05) is 18.9 Å². The van der Waals surface area contributed by atoms with Crippen molar-refractivity contribution in [2.45, 2.75) is 44.4 Å². The number of nitrogen functional groups attached to an aromatic ring is 1. The van der Waals surface area contributed by atoms with E-state index in [0.717, 1.165) is 31.1 Å². The molecular formula is C16H24N2O2. The fourth-order valence-electron chi connectivity index (χ4n) is 3.48. The number of rotatable bonds is 3. The van der Waals surface area contributed by atoms with Crippen molar-refractivity contribution in [3.63, 3.8) is 0 Å². The van der Waals surface area contributed by atoms with E-state index in [-0.39, 0.29) is 0 Å². The topological polar surface area (TPSA) is 47.7 Å². The third kappa shape index (κ3) is 2.76. The van der Waals surface area contributed by atoms with Crippen molar-refractivity contribution >= 4 is 5.69 Å². The van der Waals surface area contributed by atoms with Crippen LogP contribution in [0.1, 0.15) is 31.2 Å². The number of nitrogens with two attached hydrogens (primary N) is 1. The summed E-state index contributed by atoms with van der Waals surface area (Å²) in [7, 11) is 1.71. The Labute approximate surface area is 120 Å². The van der Waals surface area contributed by atoms with E-state index in [9.17, 15) is 0 Å². The number of hydrogen-bond donors (Lipinski definition) is 1. The number of morpholine rings is 1. The highest BCUT2D eigenvalue weighted by Gasteiger charge is 2.34. The number of fused-ring (bicyclic) bond motifs is 1. The predicted octanol–water partition coefficient (Wildman–Crippen LogP) is 2.42. The largest absolute Gasteiger partial charge is 0.496 e. The highest BCUT2D eigenvalue weighted by atomic mass is 16.5. The van der Waals surface area contributed by atoms with E-state index in [4.69, 9.17) is 15.2 Å². The first-order chi connectivity index (χ1) is 9.78. The molecule has 20 heavy (non-hydrogen) atoms. The molecule has 2 atom stereocenters. The molecule has 1 saturated carbocycles. The highest BCUT2D eigenvalue weighted by Crippen LogP contribution is 2.31. The number of ether oxygens (including phenoxy) is 2. The maximum absolute atomic E-state index is 5.93. The van der Waals surface area contributed by atoms with Crippen LogP contribution in [0.4, 0.5) is 5.69 Å².